The van der Waals surface area contributed by atoms with Crippen molar-refractivity contribution in [3.05, 3.63) is 60.2 Å². The Labute approximate surface area is 136 Å². The highest BCUT2D eigenvalue weighted by molar-refractivity contribution is 5.62. The first-order valence-electron chi connectivity index (χ1n) is 7.32. The minimum absolute atomic E-state index is 0.420. The van der Waals surface area contributed by atoms with Gasteiger partial charge < -0.3 is 9.47 Å². The lowest BCUT2D eigenvalue weighted by Gasteiger charge is -2.34. The summed E-state index contributed by atoms with van der Waals surface area (Å²) in [5.74, 6) is -1.52. The monoisotopic (exact) mass is 318 g/mol. The second-order valence-corrected chi connectivity index (χ2v) is 6.29. The summed E-state index contributed by atoms with van der Waals surface area (Å²) in [5.41, 5.74) is 1.67. The van der Waals surface area contributed by atoms with Crippen LogP contribution in [0.25, 0.3) is 0 Å². The van der Waals surface area contributed by atoms with Crippen LogP contribution in [0, 0.1) is 0 Å². The van der Waals surface area contributed by atoms with Gasteiger partial charge >= 0.3 is 12.1 Å². The van der Waals surface area contributed by atoms with E-state index in [4.69, 9.17) is 19.2 Å². The molecule has 5 nitrogen and oxygen atoms in total. The number of ether oxygens (including phenoxy) is 2. The van der Waals surface area contributed by atoms with E-state index in [0.29, 0.717) is 11.1 Å². The van der Waals surface area contributed by atoms with Crippen molar-refractivity contribution in [3.63, 3.8) is 0 Å². The third kappa shape index (κ3) is 3.63. The zero-order chi connectivity index (χ0) is 17.3. The number of hydrogen-bond acceptors (Lipinski definition) is 5. The zero-order valence-electron chi connectivity index (χ0n) is 13.9. The van der Waals surface area contributed by atoms with E-state index in [0.717, 1.165) is 5.56 Å². The van der Waals surface area contributed by atoms with Gasteiger partial charge in [-0.05, 0) is 25.0 Å². The van der Waals surface area contributed by atoms with E-state index >= 15 is 0 Å². The van der Waals surface area contributed by atoms with E-state index in [-0.39, 0.29) is 0 Å². The number of hydrogen-bond donors (Lipinski definition) is 0. The van der Waals surface area contributed by atoms with Gasteiger partial charge in [0.25, 0.3) is 0 Å². The predicted molar refractivity (Wildman–Crippen MR) is 85.4 cm³/mol. The van der Waals surface area contributed by atoms with Crippen LogP contribution in [-0.4, -0.2) is 18.2 Å². The molecule has 0 amide bonds. The van der Waals surface area contributed by atoms with Crippen LogP contribution in [0.4, 0.5) is 4.79 Å². The molecule has 23 heavy (non-hydrogen) atoms. The molecule has 0 saturated carbocycles. The Kier molecular flexibility index (Phi) is 4.63. The second-order valence-electron chi connectivity index (χ2n) is 6.29. The molecular weight excluding hydrogens is 296 g/mol. The molecular formula is C18H22O5. The van der Waals surface area contributed by atoms with Crippen LogP contribution in [-0.2, 0) is 24.7 Å². The molecule has 0 aromatic heterocycles. The van der Waals surface area contributed by atoms with Crippen molar-refractivity contribution in [2.45, 2.75) is 45.2 Å². The van der Waals surface area contributed by atoms with Gasteiger partial charge in [-0.2, -0.15) is 0 Å². The lowest BCUT2D eigenvalue weighted by molar-refractivity contribution is -0.0433. The number of carbonyl (C=O) groups excluding carboxylic acids is 1. The molecule has 0 spiro atoms. The van der Waals surface area contributed by atoms with Crippen molar-refractivity contribution in [1.82, 2.24) is 0 Å². The Hall–Kier alpha value is -2.11. The Morgan fingerprint density at radius 3 is 2.17 bits per heavy atom. The van der Waals surface area contributed by atoms with Gasteiger partial charge in [0, 0.05) is 11.0 Å². The SMILES string of the molecule is C=C(C)C(OC(=O)OC1(C(=C)C)OO1)C(C)(C)c1ccccc1. The van der Waals surface area contributed by atoms with Crippen LogP contribution < -0.4 is 0 Å². The summed E-state index contributed by atoms with van der Waals surface area (Å²) in [6.07, 6.45) is -1.47. The summed E-state index contributed by atoms with van der Waals surface area (Å²) < 4.78 is 10.6. The molecule has 5 heteroatoms. The van der Waals surface area contributed by atoms with Gasteiger partial charge in [0.05, 0.1) is 0 Å². The van der Waals surface area contributed by atoms with Crippen LogP contribution in [0.3, 0.4) is 0 Å². The van der Waals surface area contributed by atoms with E-state index in [2.05, 4.69) is 13.2 Å². The van der Waals surface area contributed by atoms with E-state index in [9.17, 15) is 4.79 Å². The Bertz CT molecular complexity index is 614. The molecule has 0 radical (unpaired) electrons. The summed E-state index contributed by atoms with van der Waals surface area (Å²) in [6, 6.07) is 9.77. The van der Waals surface area contributed by atoms with Gasteiger partial charge in [-0.1, -0.05) is 57.3 Å². The summed E-state index contributed by atoms with van der Waals surface area (Å²) in [4.78, 5) is 21.5. The first-order valence-corrected chi connectivity index (χ1v) is 7.32. The maximum Gasteiger partial charge on any atom is 0.513 e. The molecule has 0 N–H and O–H groups in total. The van der Waals surface area contributed by atoms with Crippen molar-refractivity contribution in [3.8, 4) is 0 Å². The van der Waals surface area contributed by atoms with E-state index < -0.39 is 23.6 Å². The molecule has 1 fully saturated rings. The molecule has 0 bridgehead atoms. The van der Waals surface area contributed by atoms with Gasteiger partial charge in [-0.15, -0.1) is 9.78 Å². The quantitative estimate of drug-likeness (QED) is 0.339. The minimum atomic E-state index is -1.52. The fraction of sp³-hybridized carbons (Fsp3) is 0.389. The smallest absolute Gasteiger partial charge is 0.425 e. The second kappa shape index (κ2) is 6.18. The lowest BCUT2D eigenvalue weighted by Crippen LogP contribution is -2.39. The fourth-order valence-electron chi connectivity index (χ4n) is 2.41. The van der Waals surface area contributed by atoms with Crippen molar-refractivity contribution in [2.75, 3.05) is 0 Å². The topological polar surface area (TPSA) is 60.6 Å². The van der Waals surface area contributed by atoms with Crippen LogP contribution in [0.2, 0.25) is 0 Å². The van der Waals surface area contributed by atoms with Crippen LogP contribution >= 0.6 is 0 Å². The molecule has 2 rings (SSSR count). The maximum atomic E-state index is 12.1. The largest absolute Gasteiger partial charge is 0.513 e. The number of benzene rings is 1. The minimum Gasteiger partial charge on any atom is -0.425 e. The molecule has 1 saturated heterocycles. The Morgan fingerprint density at radius 2 is 1.74 bits per heavy atom. The zero-order valence-corrected chi connectivity index (χ0v) is 13.9. The third-order valence-corrected chi connectivity index (χ3v) is 3.81. The molecule has 1 unspecified atom stereocenters. The summed E-state index contributed by atoms with van der Waals surface area (Å²) in [5, 5.41) is 0. The highest BCUT2D eigenvalue weighted by Gasteiger charge is 2.56. The van der Waals surface area contributed by atoms with Crippen molar-refractivity contribution < 1.29 is 24.0 Å². The Balaban J connectivity index is 2.14. The van der Waals surface area contributed by atoms with Crippen molar-refractivity contribution >= 4 is 6.16 Å². The van der Waals surface area contributed by atoms with E-state index in [1.807, 2.05) is 44.2 Å². The van der Waals surface area contributed by atoms with E-state index in [1.54, 1.807) is 13.8 Å². The molecule has 1 aliphatic heterocycles. The average molecular weight is 318 g/mol. The first kappa shape index (κ1) is 17.2. The molecule has 1 heterocycles. The van der Waals surface area contributed by atoms with Gasteiger partial charge in [-0.25, -0.2) is 4.79 Å². The van der Waals surface area contributed by atoms with Crippen LogP contribution in [0.5, 0.6) is 0 Å². The molecule has 1 atom stereocenters. The Morgan fingerprint density at radius 1 is 1.17 bits per heavy atom. The highest BCUT2D eigenvalue weighted by atomic mass is 17.5. The van der Waals surface area contributed by atoms with Gasteiger partial charge in [0.15, 0.2) is 0 Å². The first-order chi connectivity index (χ1) is 10.7. The predicted octanol–water partition coefficient (Wildman–Crippen LogP) is 4.25. The molecule has 1 aliphatic rings. The molecule has 124 valence electrons. The van der Waals surface area contributed by atoms with Crippen LogP contribution in [0.1, 0.15) is 33.3 Å². The van der Waals surface area contributed by atoms with Crippen molar-refractivity contribution in [2.24, 2.45) is 0 Å². The van der Waals surface area contributed by atoms with Gasteiger partial charge in [0.2, 0.25) is 0 Å². The lowest BCUT2D eigenvalue weighted by atomic mass is 9.77. The molecule has 1 aromatic rings. The maximum absolute atomic E-state index is 12.1. The van der Waals surface area contributed by atoms with E-state index in [1.165, 1.54) is 0 Å². The number of rotatable bonds is 6. The fourth-order valence-corrected chi connectivity index (χ4v) is 2.41. The standard InChI is InChI=1S/C18H22O5/c1-12(2)15(17(5,6)14-10-8-7-9-11-14)20-16(19)21-18(13(3)4)22-23-18/h7-11,15H,1,3H2,2,4-6H3. The average Bonchev–Trinajstić information content (AvgIpc) is 3.26. The molecule has 1 aromatic carbocycles. The van der Waals surface area contributed by atoms with Crippen LogP contribution in [0.15, 0.2) is 54.6 Å². The summed E-state index contributed by atoms with van der Waals surface area (Å²) in [6.45, 7) is 15.0. The van der Waals surface area contributed by atoms with Gasteiger partial charge in [0.1, 0.15) is 6.10 Å². The van der Waals surface area contributed by atoms with Crippen molar-refractivity contribution in [1.29, 1.82) is 0 Å². The summed E-state index contributed by atoms with van der Waals surface area (Å²) in [7, 11) is 0. The highest BCUT2D eigenvalue weighted by Crippen LogP contribution is 2.39. The van der Waals surface area contributed by atoms with Gasteiger partial charge in [-0.3, -0.25) is 0 Å². The number of carbonyl (C=O) groups is 1. The normalized spacial score (nSPS) is 17.0. The third-order valence-electron chi connectivity index (χ3n) is 3.81. The summed E-state index contributed by atoms with van der Waals surface area (Å²) >= 11 is 0. The molecule has 0 aliphatic carbocycles.